The monoisotopic (exact) mass is 263 g/mol. The molecule has 1 heterocycles. The lowest BCUT2D eigenvalue weighted by Gasteiger charge is -2.39. The van der Waals surface area contributed by atoms with E-state index < -0.39 is 4.92 Å². The summed E-state index contributed by atoms with van der Waals surface area (Å²) in [5, 5.41) is 14.2. The van der Waals surface area contributed by atoms with Crippen LogP contribution in [0.3, 0.4) is 0 Å². The molecule has 0 saturated heterocycles. The van der Waals surface area contributed by atoms with Crippen molar-refractivity contribution in [2.24, 2.45) is 5.41 Å². The van der Waals surface area contributed by atoms with Crippen molar-refractivity contribution in [1.82, 2.24) is 4.98 Å². The molecule has 0 aromatic carbocycles. The standard InChI is InChI=1S/C14H21N3O2/c1-10-8-13(15-9-11(10)17(18)19)16-12-6-4-5-7-14(12,2)3/h8-9,12H,4-7H2,1-3H3,(H,15,16). The van der Waals surface area contributed by atoms with Crippen molar-refractivity contribution < 1.29 is 4.92 Å². The molecule has 5 heteroatoms. The first-order valence-electron chi connectivity index (χ1n) is 6.78. The normalized spacial score (nSPS) is 21.9. The van der Waals surface area contributed by atoms with Crippen LogP contribution in [0.5, 0.6) is 0 Å². The molecule has 1 saturated carbocycles. The molecule has 1 aliphatic rings. The molecule has 1 atom stereocenters. The van der Waals surface area contributed by atoms with E-state index in [1.165, 1.54) is 25.5 Å². The van der Waals surface area contributed by atoms with Gasteiger partial charge < -0.3 is 5.32 Å². The van der Waals surface area contributed by atoms with Gasteiger partial charge in [-0.05, 0) is 31.2 Å². The highest BCUT2D eigenvalue weighted by Gasteiger charge is 2.32. The molecule has 0 radical (unpaired) electrons. The molecule has 5 nitrogen and oxygen atoms in total. The highest BCUT2D eigenvalue weighted by molar-refractivity contribution is 5.47. The fourth-order valence-electron chi connectivity index (χ4n) is 2.76. The van der Waals surface area contributed by atoms with Gasteiger partial charge in [-0.25, -0.2) is 4.98 Å². The Bertz CT molecular complexity index is 486. The van der Waals surface area contributed by atoms with E-state index in [1.54, 1.807) is 13.0 Å². The van der Waals surface area contributed by atoms with Crippen molar-refractivity contribution in [3.05, 3.63) is 27.9 Å². The van der Waals surface area contributed by atoms with E-state index in [1.807, 2.05) is 0 Å². The van der Waals surface area contributed by atoms with Crippen molar-refractivity contribution in [2.45, 2.75) is 52.5 Å². The van der Waals surface area contributed by atoms with Gasteiger partial charge in [0.1, 0.15) is 12.0 Å². The molecule has 0 bridgehead atoms. The lowest BCUT2D eigenvalue weighted by molar-refractivity contribution is -0.385. The molecule has 1 N–H and O–H groups in total. The zero-order valence-electron chi connectivity index (χ0n) is 11.8. The molecule has 19 heavy (non-hydrogen) atoms. The largest absolute Gasteiger partial charge is 0.367 e. The molecule has 2 rings (SSSR count). The van der Waals surface area contributed by atoms with Gasteiger partial charge >= 0.3 is 0 Å². The van der Waals surface area contributed by atoms with Crippen LogP contribution in [0.25, 0.3) is 0 Å². The number of aryl methyl sites for hydroxylation is 1. The second kappa shape index (κ2) is 5.15. The second-order valence-electron chi connectivity index (χ2n) is 6.04. The lowest BCUT2D eigenvalue weighted by atomic mass is 9.73. The van der Waals surface area contributed by atoms with Gasteiger partial charge in [0.2, 0.25) is 0 Å². The van der Waals surface area contributed by atoms with Crippen LogP contribution >= 0.6 is 0 Å². The molecule has 1 aliphatic carbocycles. The molecular weight excluding hydrogens is 242 g/mol. The summed E-state index contributed by atoms with van der Waals surface area (Å²) in [5.41, 5.74) is 0.972. The average molecular weight is 263 g/mol. The fourth-order valence-corrected chi connectivity index (χ4v) is 2.76. The summed E-state index contributed by atoms with van der Waals surface area (Å²) in [6.07, 6.45) is 6.18. The van der Waals surface area contributed by atoms with E-state index in [0.29, 0.717) is 11.6 Å². The number of pyridine rings is 1. The van der Waals surface area contributed by atoms with E-state index in [-0.39, 0.29) is 11.1 Å². The summed E-state index contributed by atoms with van der Waals surface area (Å²) in [6, 6.07) is 2.15. The number of hydrogen-bond acceptors (Lipinski definition) is 4. The Morgan fingerprint density at radius 1 is 1.47 bits per heavy atom. The molecule has 0 spiro atoms. The van der Waals surface area contributed by atoms with Crippen LogP contribution in [-0.4, -0.2) is 15.9 Å². The van der Waals surface area contributed by atoms with Gasteiger partial charge in [0.05, 0.1) is 4.92 Å². The molecule has 1 aromatic rings. The van der Waals surface area contributed by atoms with Crippen LogP contribution in [0.1, 0.15) is 45.1 Å². The second-order valence-corrected chi connectivity index (χ2v) is 6.04. The zero-order valence-corrected chi connectivity index (χ0v) is 11.8. The van der Waals surface area contributed by atoms with E-state index >= 15 is 0 Å². The first-order valence-corrected chi connectivity index (χ1v) is 6.78. The van der Waals surface area contributed by atoms with Crippen LogP contribution in [-0.2, 0) is 0 Å². The Morgan fingerprint density at radius 3 is 2.79 bits per heavy atom. The van der Waals surface area contributed by atoms with Crippen molar-refractivity contribution >= 4 is 11.5 Å². The number of aromatic nitrogens is 1. The quantitative estimate of drug-likeness (QED) is 0.667. The highest BCUT2D eigenvalue weighted by atomic mass is 16.6. The SMILES string of the molecule is Cc1cc(NC2CCCCC2(C)C)ncc1[N+](=O)[O-]. The first-order chi connectivity index (χ1) is 8.90. The molecule has 0 aliphatic heterocycles. The number of hydrogen-bond donors (Lipinski definition) is 1. The van der Waals surface area contributed by atoms with Crippen LogP contribution in [0.15, 0.2) is 12.3 Å². The van der Waals surface area contributed by atoms with Gasteiger partial charge in [0.15, 0.2) is 0 Å². The minimum Gasteiger partial charge on any atom is -0.367 e. The van der Waals surface area contributed by atoms with Crippen molar-refractivity contribution in [1.29, 1.82) is 0 Å². The van der Waals surface area contributed by atoms with Crippen molar-refractivity contribution in [3.8, 4) is 0 Å². The Labute approximate surface area is 113 Å². The van der Waals surface area contributed by atoms with Crippen LogP contribution in [0, 0.1) is 22.5 Å². The minimum absolute atomic E-state index is 0.0773. The summed E-state index contributed by atoms with van der Waals surface area (Å²) >= 11 is 0. The van der Waals surface area contributed by atoms with Gasteiger partial charge in [-0.1, -0.05) is 26.7 Å². The maximum atomic E-state index is 10.8. The van der Waals surface area contributed by atoms with E-state index in [9.17, 15) is 10.1 Å². The Balaban J connectivity index is 2.15. The third kappa shape index (κ3) is 3.03. The molecule has 1 aromatic heterocycles. The Morgan fingerprint density at radius 2 is 2.21 bits per heavy atom. The van der Waals surface area contributed by atoms with Crippen LogP contribution in [0.4, 0.5) is 11.5 Å². The summed E-state index contributed by atoms with van der Waals surface area (Å²) in [7, 11) is 0. The summed E-state index contributed by atoms with van der Waals surface area (Å²) in [6.45, 7) is 6.28. The zero-order chi connectivity index (χ0) is 14.0. The Kier molecular flexibility index (Phi) is 3.73. The smallest absolute Gasteiger partial charge is 0.290 e. The van der Waals surface area contributed by atoms with E-state index in [0.717, 1.165) is 12.2 Å². The van der Waals surface area contributed by atoms with Gasteiger partial charge in [-0.3, -0.25) is 10.1 Å². The summed E-state index contributed by atoms with van der Waals surface area (Å²) in [5.74, 6) is 0.739. The number of nitrogens with one attached hydrogen (secondary N) is 1. The van der Waals surface area contributed by atoms with Gasteiger partial charge in [0, 0.05) is 11.6 Å². The van der Waals surface area contributed by atoms with Crippen LogP contribution in [0.2, 0.25) is 0 Å². The van der Waals surface area contributed by atoms with Gasteiger partial charge in [0.25, 0.3) is 5.69 Å². The molecular formula is C14H21N3O2. The molecule has 0 amide bonds. The van der Waals surface area contributed by atoms with E-state index in [4.69, 9.17) is 0 Å². The predicted octanol–water partition coefficient (Wildman–Crippen LogP) is 3.68. The average Bonchev–Trinajstić information content (AvgIpc) is 2.31. The molecule has 104 valence electrons. The maximum absolute atomic E-state index is 10.8. The molecule has 1 unspecified atom stereocenters. The van der Waals surface area contributed by atoms with Crippen LogP contribution < -0.4 is 5.32 Å². The summed E-state index contributed by atoms with van der Waals surface area (Å²) in [4.78, 5) is 14.5. The van der Waals surface area contributed by atoms with Crippen molar-refractivity contribution in [2.75, 3.05) is 5.32 Å². The van der Waals surface area contributed by atoms with Gasteiger partial charge in [-0.2, -0.15) is 0 Å². The van der Waals surface area contributed by atoms with Gasteiger partial charge in [-0.15, -0.1) is 0 Å². The Hall–Kier alpha value is -1.65. The summed E-state index contributed by atoms with van der Waals surface area (Å²) < 4.78 is 0. The minimum atomic E-state index is -0.392. The molecule has 1 fully saturated rings. The van der Waals surface area contributed by atoms with Crippen molar-refractivity contribution in [3.63, 3.8) is 0 Å². The maximum Gasteiger partial charge on any atom is 0.290 e. The van der Waals surface area contributed by atoms with E-state index in [2.05, 4.69) is 24.1 Å². The number of nitrogens with zero attached hydrogens (tertiary/aromatic N) is 2. The number of nitro groups is 1. The first kappa shape index (κ1) is 13.8. The topological polar surface area (TPSA) is 68.1 Å². The number of anilines is 1. The lowest BCUT2D eigenvalue weighted by Crippen LogP contribution is -2.39. The fraction of sp³-hybridized carbons (Fsp3) is 0.643. The third-order valence-electron chi connectivity index (χ3n) is 4.11. The third-order valence-corrected chi connectivity index (χ3v) is 4.11. The highest BCUT2D eigenvalue weighted by Crippen LogP contribution is 2.37. The number of rotatable bonds is 3. The predicted molar refractivity (Wildman–Crippen MR) is 75.3 cm³/mol.